The van der Waals surface area contributed by atoms with Gasteiger partial charge >= 0.3 is 0 Å². The van der Waals surface area contributed by atoms with Crippen LogP contribution in [-0.2, 0) is 9.59 Å². The van der Waals surface area contributed by atoms with Crippen molar-refractivity contribution >= 4 is 23.1 Å². The maximum absolute atomic E-state index is 14.5. The number of benzene rings is 2. The Morgan fingerprint density at radius 3 is 2.30 bits per heavy atom. The van der Waals surface area contributed by atoms with Crippen LogP contribution in [0.5, 0.6) is 0 Å². The van der Waals surface area contributed by atoms with Gasteiger partial charge in [-0.3, -0.25) is 9.59 Å². The zero-order valence-electron chi connectivity index (χ0n) is 17.3. The normalized spacial score (nSPS) is 18.0. The summed E-state index contributed by atoms with van der Waals surface area (Å²) in [4.78, 5) is 29.6. The molecule has 0 N–H and O–H groups in total. The molecule has 0 bridgehead atoms. The van der Waals surface area contributed by atoms with E-state index in [1.165, 1.54) is 0 Å². The summed E-state index contributed by atoms with van der Waals surface area (Å²) < 4.78 is 28.3. The van der Waals surface area contributed by atoms with Crippen molar-refractivity contribution < 1.29 is 18.4 Å². The highest BCUT2D eigenvalue weighted by molar-refractivity contribution is 6.45. The van der Waals surface area contributed by atoms with Crippen molar-refractivity contribution in [2.75, 3.05) is 18.0 Å². The first-order valence-corrected chi connectivity index (χ1v) is 10.2. The lowest BCUT2D eigenvalue weighted by Gasteiger charge is -2.32. The second-order valence-electron chi connectivity index (χ2n) is 8.25. The highest BCUT2D eigenvalue weighted by Gasteiger charge is 2.44. The Labute approximate surface area is 174 Å². The molecule has 0 saturated carbocycles. The zero-order valence-corrected chi connectivity index (χ0v) is 17.3. The number of likely N-dealkylation sites (tertiary alicyclic amines) is 1. The molecule has 0 aromatic heterocycles. The summed E-state index contributed by atoms with van der Waals surface area (Å²) in [6, 6.07) is 8.45. The van der Waals surface area contributed by atoms with Crippen LogP contribution in [0, 0.1) is 31.4 Å². The molecule has 2 aromatic carbocycles. The number of rotatable bonds is 3. The average Bonchev–Trinajstić information content (AvgIpc) is 2.95. The number of amides is 2. The molecule has 0 spiro atoms. The van der Waals surface area contributed by atoms with Gasteiger partial charge in [0.1, 0.15) is 17.3 Å². The number of hydrogen-bond acceptors (Lipinski definition) is 3. The van der Waals surface area contributed by atoms with Crippen molar-refractivity contribution in [3.05, 3.63) is 70.4 Å². The number of nitrogens with zero attached hydrogens (tertiary/aromatic N) is 2. The van der Waals surface area contributed by atoms with Gasteiger partial charge < -0.3 is 4.90 Å². The fourth-order valence-corrected chi connectivity index (χ4v) is 4.26. The van der Waals surface area contributed by atoms with Gasteiger partial charge in [-0.2, -0.15) is 0 Å². The lowest BCUT2D eigenvalue weighted by molar-refractivity contribution is -0.120. The maximum Gasteiger partial charge on any atom is 0.282 e. The molecule has 2 amide bonds. The second kappa shape index (κ2) is 7.67. The smallest absolute Gasteiger partial charge is 0.282 e. The number of aryl methyl sites for hydroxylation is 2. The summed E-state index contributed by atoms with van der Waals surface area (Å²) in [5.41, 5.74) is 2.73. The van der Waals surface area contributed by atoms with Crippen LogP contribution in [0.3, 0.4) is 0 Å². The monoisotopic (exact) mass is 410 g/mol. The van der Waals surface area contributed by atoms with Gasteiger partial charge in [0.05, 0.1) is 11.3 Å². The Hall–Kier alpha value is -3.02. The van der Waals surface area contributed by atoms with E-state index in [9.17, 15) is 18.4 Å². The minimum atomic E-state index is -0.813. The zero-order chi connectivity index (χ0) is 21.6. The lowest BCUT2D eigenvalue weighted by Crippen LogP contribution is -2.38. The summed E-state index contributed by atoms with van der Waals surface area (Å²) >= 11 is 0. The van der Waals surface area contributed by atoms with Crippen LogP contribution < -0.4 is 4.90 Å². The quantitative estimate of drug-likeness (QED) is 0.695. The van der Waals surface area contributed by atoms with Crippen molar-refractivity contribution in [1.29, 1.82) is 0 Å². The molecule has 2 heterocycles. The van der Waals surface area contributed by atoms with E-state index < -0.39 is 23.4 Å². The van der Waals surface area contributed by atoms with Crippen LogP contribution >= 0.6 is 0 Å². The fraction of sp³-hybridized carbons (Fsp3) is 0.333. The summed E-state index contributed by atoms with van der Waals surface area (Å²) in [6.45, 7) is 7.28. The Morgan fingerprint density at radius 2 is 1.63 bits per heavy atom. The molecular weight excluding hydrogens is 386 g/mol. The molecule has 0 aliphatic carbocycles. The van der Waals surface area contributed by atoms with Crippen molar-refractivity contribution in [2.45, 2.75) is 33.6 Å². The first-order valence-electron chi connectivity index (χ1n) is 10.2. The fourth-order valence-electron chi connectivity index (χ4n) is 4.26. The van der Waals surface area contributed by atoms with Crippen LogP contribution in [0.15, 0.2) is 42.1 Å². The molecule has 0 unspecified atom stereocenters. The molecule has 30 heavy (non-hydrogen) atoms. The maximum atomic E-state index is 14.5. The van der Waals surface area contributed by atoms with Gasteiger partial charge in [0, 0.05) is 19.2 Å². The van der Waals surface area contributed by atoms with Crippen LogP contribution in [0.2, 0.25) is 0 Å². The lowest BCUT2D eigenvalue weighted by atomic mass is 9.95. The molecule has 2 aromatic rings. The highest BCUT2D eigenvalue weighted by Crippen LogP contribution is 2.38. The molecule has 2 aliphatic heterocycles. The third kappa shape index (κ3) is 3.40. The standard InChI is InChI=1S/C24H24F2N2O2/c1-14-8-10-27(11-9-14)22-21(18-6-4-15(2)12-16(18)3)23(29)28(24(22)30)20-13-17(25)5-7-19(20)26/h4-7,12-14H,8-11H2,1-3H3. The van der Waals surface area contributed by atoms with Crippen molar-refractivity contribution in [1.82, 2.24) is 4.90 Å². The summed E-state index contributed by atoms with van der Waals surface area (Å²) in [5.74, 6) is -2.21. The van der Waals surface area contributed by atoms with Gasteiger partial charge in [-0.15, -0.1) is 0 Å². The van der Waals surface area contributed by atoms with Gasteiger partial charge in [0.25, 0.3) is 11.8 Å². The molecular formula is C24H24F2N2O2. The summed E-state index contributed by atoms with van der Waals surface area (Å²) in [7, 11) is 0. The van der Waals surface area contributed by atoms with Gasteiger partial charge in [-0.25, -0.2) is 13.7 Å². The first kappa shape index (κ1) is 20.3. The van der Waals surface area contributed by atoms with E-state index in [2.05, 4.69) is 6.92 Å². The molecule has 1 saturated heterocycles. The van der Waals surface area contributed by atoms with Gasteiger partial charge in [-0.05, 0) is 55.9 Å². The molecule has 156 valence electrons. The number of piperidine rings is 1. The minimum absolute atomic E-state index is 0.260. The van der Waals surface area contributed by atoms with Crippen molar-refractivity contribution in [3.63, 3.8) is 0 Å². The van der Waals surface area contributed by atoms with E-state index in [0.717, 1.165) is 47.1 Å². The van der Waals surface area contributed by atoms with Gasteiger partial charge in [0.2, 0.25) is 0 Å². The summed E-state index contributed by atoms with van der Waals surface area (Å²) in [6.07, 6.45) is 1.80. The Balaban J connectivity index is 1.87. The Kier molecular flexibility index (Phi) is 5.18. The number of halogens is 2. The predicted octanol–water partition coefficient (Wildman–Crippen LogP) is 4.60. The van der Waals surface area contributed by atoms with E-state index >= 15 is 0 Å². The second-order valence-corrected chi connectivity index (χ2v) is 8.25. The number of hydrogen-bond donors (Lipinski definition) is 0. The molecule has 4 nitrogen and oxygen atoms in total. The SMILES string of the molecule is Cc1ccc(C2=C(N3CCC(C)CC3)C(=O)N(c3cc(F)ccc3F)C2=O)c(C)c1. The molecule has 2 aliphatic rings. The first-order chi connectivity index (χ1) is 14.3. The number of carbonyl (C=O) groups is 2. The van der Waals surface area contributed by atoms with Gasteiger partial charge in [-0.1, -0.05) is 30.7 Å². The highest BCUT2D eigenvalue weighted by atomic mass is 19.1. The van der Waals surface area contributed by atoms with E-state index in [4.69, 9.17) is 0 Å². The number of imide groups is 1. The van der Waals surface area contributed by atoms with Crippen LogP contribution in [0.1, 0.15) is 36.5 Å². The molecule has 0 atom stereocenters. The topological polar surface area (TPSA) is 40.6 Å². The molecule has 0 radical (unpaired) electrons. The van der Waals surface area contributed by atoms with E-state index in [0.29, 0.717) is 24.6 Å². The predicted molar refractivity (Wildman–Crippen MR) is 112 cm³/mol. The van der Waals surface area contributed by atoms with E-state index in [-0.39, 0.29) is 17.0 Å². The average molecular weight is 410 g/mol. The number of carbonyl (C=O) groups excluding carboxylic acids is 2. The van der Waals surface area contributed by atoms with Crippen molar-refractivity contribution in [2.24, 2.45) is 5.92 Å². The largest absolute Gasteiger partial charge is 0.366 e. The Bertz CT molecular complexity index is 1070. The Morgan fingerprint density at radius 1 is 0.933 bits per heavy atom. The third-order valence-electron chi connectivity index (χ3n) is 5.96. The van der Waals surface area contributed by atoms with Crippen LogP contribution in [0.4, 0.5) is 14.5 Å². The van der Waals surface area contributed by atoms with Crippen molar-refractivity contribution in [3.8, 4) is 0 Å². The number of anilines is 1. The van der Waals surface area contributed by atoms with Crippen LogP contribution in [-0.4, -0.2) is 29.8 Å². The van der Waals surface area contributed by atoms with E-state index in [1.807, 2.05) is 36.9 Å². The van der Waals surface area contributed by atoms with Gasteiger partial charge in [0.15, 0.2) is 0 Å². The molecule has 1 fully saturated rings. The minimum Gasteiger partial charge on any atom is -0.366 e. The third-order valence-corrected chi connectivity index (χ3v) is 5.96. The van der Waals surface area contributed by atoms with Crippen LogP contribution in [0.25, 0.3) is 5.57 Å². The molecule has 6 heteroatoms. The summed E-state index contributed by atoms with van der Waals surface area (Å²) in [5, 5.41) is 0. The van der Waals surface area contributed by atoms with E-state index in [1.54, 1.807) is 0 Å². The molecule has 4 rings (SSSR count).